The van der Waals surface area contributed by atoms with Crippen LogP contribution in [0.2, 0.25) is 5.02 Å². The second-order valence-electron chi connectivity index (χ2n) is 7.19. The molecule has 0 unspecified atom stereocenters. The zero-order valence-corrected chi connectivity index (χ0v) is 19.4. The lowest BCUT2D eigenvalue weighted by Crippen LogP contribution is -2.01. The fraction of sp³-hybridized carbons (Fsp3) is 0.292. The Balaban J connectivity index is 1.68. The van der Waals surface area contributed by atoms with E-state index in [1.165, 1.54) is 7.11 Å². The first-order valence-electron chi connectivity index (χ1n) is 10.6. The lowest BCUT2D eigenvalue weighted by atomic mass is 10.1. The number of methoxy groups -OCH3 is 1. The van der Waals surface area contributed by atoms with E-state index in [1.54, 1.807) is 12.1 Å². The molecule has 0 aliphatic carbocycles. The summed E-state index contributed by atoms with van der Waals surface area (Å²) in [6.07, 6.45) is 2.76. The number of aromatic nitrogens is 3. The van der Waals surface area contributed by atoms with Crippen molar-refractivity contribution in [2.75, 3.05) is 20.3 Å². The number of para-hydroxylation sites is 1. The minimum Gasteiger partial charge on any atom is -0.490 e. The highest BCUT2D eigenvalue weighted by Crippen LogP contribution is 2.40. The number of ether oxygens (including phenoxy) is 3. The summed E-state index contributed by atoms with van der Waals surface area (Å²) in [6, 6.07) is 9.31. The van der Waals surface area contributed by atoms with Gasteiger partial charge in [0.2, 0.25) is 5.82 Å². The summed E-state index contributed by atoms with van der Waals surface area (Å²) in [7, 11) is 1.39. The van der Waals surface area contributed by atoms with Crippen molar-refractivity contribution in [3.8, 4) is 34.3 Å². The van der Waals surface area contributed by atoms with Crippen molar-refractivity contribution in [1.82, 2.24) is 15.1 Å². The molecule has 4 rings (SSSR count). The number of rotatable bonds is 9. The molecule has 4 aromatic rings. The van der Waals surface area contributed by atoms with Gasteiger partial charge in [0.25, 0.3) is 5.89 Å². The van der Waals surface area contributed by atoms with Gasteiger partial charge in [-0.1, -0.05) is 28.9 Å². The maximum Gasteiger partial charge on any atom is 0.305 e. The lowest BCUT2D eigenvalue weighted by Gasteiger charge is -2.13. The van der Waals surface area contributed by atoms with E-state index in [1.807, 2.05) is 38.2 Å². The van der Waals surface area contributed by atoms with Gasteiger partial charge in [-0.3, -0.25) is 4.79 Å². The Kier molecular flexibility index (Phi) is 6.84. The third kappa shape index (κ3) is 4.66. The molecule has 0 saturated heterocycles. The van der Waals surface area contributed by atoms with Crippen LogP contribution in [0, 0.1) is 0 Å². The van der Waals surface area contributed by atoms with Gasteiger partial charge in [-0.05, 0) is 44.0 Å². The maximum absolute atomic E-state index is 11.5. The number of fused-ring (bicyclic) bond motifs is 1. The standard InChI is InChI=1S/C24H24ClN3O5/c1-4-31-19-12-15(11-18(25)22(19)32-5-2)24-27-23(28-33-24)17-8-6-7-16-14(13-26-21(16)17)9-10-20(29)30-3/h6-8,11-13,26H,4-5,9-10H2,1-3H3. The van der Waals surface area contributed by atoms with E-state index in [0.717, 1.165) is 22.0 Å². The number of nitrogens with zero attached hydrogens (tertiary/aromatic N) is 2. The van der Waals surface area contributed by atoms with Crippen molar-refractivity contribution in [3.05, 3.63) is 47.1 Å². The Hall–Kier alpha value is -3.52. The first-order valence-corrected chi connectivity index (χ1v) is 11.0. The van der Waals surface area contributed by atoms with Gasteiger partial charge in [-0.25, -0.2) is 0 Å². The number of aryl methyl sites for hydroxylation is 1. The highest BCUT2D eigenvalue weighted by atomic mass is 35.5. The number of hydrogen-bond acceptors (Lipinski definition) is 7. The van der Waals surface area contributed by atoms with Crippen LogP contribution in [0.25, 0.3) is 33.7 Å². The number of aromatic amines is 1. The number of benzene rings is 2. The highest BCUT2D eigenvalue weighted by molar-refractivity contribution is 6.32. The summed E-state index contributed by atoms with van der Waals surface area (Å²) in [5.41, 5.74) is 3.29. The third-order valence-corrected chi connectivity index (χ3v) is 5.42. The summed E-state index contributed by atoms with van der Waals surface area (Å²) >= 11 is 6.43. The van der Waals surface area contributed by atoms with Gasteiger partial charge in [0, 0.05) is 29.1 Å². The van der Waals surface area contributed by atoms with E-state index in [4.69, 9.17) is 30.3 Å². The molecule has 2 aromatic carbocycles. The molecule has 2 heterocycles. The normalized spacial score (nSPS) is 11.0. The topological polar surface area (TPSA) is 99.5 Å². The van der Waals surface area contributed by atoms with Crippen LogP contribution in [0.5, 0.6) is 11.5 Å². The Morgan fingerprint density at radius 3 is 2.76 bits per heavy atom. The number of esters is 1. The number of halogens is 1. The van der Waals surface area contributed by atoms with Crippen LogP contribution >= 0.6 is 11.6 Å². The van der Waals surface area contributed by atoms with Gasteiger partial charge >= 0.3 is 5.97 Å². The van der Waals surface area contributed by atoms with Crippen LogP contribution in [0.15, 0.2) is 41.1 Å². The van der Waals surface area contributed by atoms with E-state index in [9.17, 15) is 4.79 Å². The number of carbonyl (C=O) groups excluding carboxylic acids is 1. The average molecular weight is 470 g/mol. The fourth-order valence-corrected chi connectivity index (χ4v) is 3.90. The second-order valence-corrected chi connectivity index (χ2v) is 7.60. The first-order chi connectivity index (χ1) is 16.0. The van der Waals surface area contributed by atoms with Crippen LogP contribution in [-0.4, -0.2) is 41.4 Å². The summed E-state index contributed by atoms with van der Waals surface area (Å²) in [5, 5.41) is 5.57. The smallest absolute Gasteiger partial charge is 0.305 e. The van der Waals surface area contributed by atoms with Gasteiger partial charge in [0.1, 0.15) is 0 Å². The van der Waals surface area contributed by atoms with Crippen LogP contribution in [0.3, 0.4) is 0 Å². The molecule has 0 fully saturated rings. The van der Waals surface area contributed by atoms with Crippen molar-refractivity contribution in [2.45, 2.75) is 26.7 Å². The zero-order chi connectivity index (χ0) is 23.4. The molecule has 0 aliphatic heterocycles. The maximum atomic E-state index is 11.5. The van der Waals surface area contributed by atoms with Crippen LogP contribution < -0.4 is 9.47 Å². The van der Waals surface area contributed by atoms with E-state index in [0.29, 0.717) is 59.9 Å². The Morgan fingerprint density at radius 2 is 2.00 bits per heavy atom. The third-order valence-electron chi connectivity index (χ3n) is 5.14. The molecular weight excluding hydrogens is 446 g/mol. The molecule has 0 saturated carbocycles. The molecule has 172 valence electrons. The molecule has 0 bridgehead atoms. The van der Waals surface area contributed by atoms with Crippen molar-refractivity contribution < 1.29 is 23.5 Å². The molecule has 0 aliphatic rings. The average Bonchev–Trinajstić information content (AvgIpc) is 3.47. The summed E-state index contributed by atoms with van der Waals surface area (Å²) in [4.78, 5) is 19.4. The van der Waals surface area contributed by atoms with E-state index >= 15 is 0 Å². The molecule has 0 radical (unpaired) electrons. The fourth-order valence-electron chi connectivity index (χ4n) is 3.63. The van der Waals surface area contributed by atoms with Gasteiger partial charge in [-0.2, -0.15) is 4.98 Å². The molecular formula is C24H24ClN3O5. The van der Waals surface area contributed by atoms with Crippen molar-refractivity contribution in [3.63, 3.8) is 0 Å². The van der Waals surface area contributed by atoms with Crippen LogP contribution in [0.1, 0.15) is 25.8 Å². The van der Waals surface area contributed by atoms with Gasteiger partial charge in [0.05, 0.1) is 30.9 Å². The largest absolute Gasteiger partial charge is 0.490 e. The van der Waals surface area contributed by atoms with Gasteiger partial charge in [0.15, 0.2) is 11.5 Å². The molecule has 0 atom stereocenters. The minimum absolute atomic E-state index is 0.247. The Labute approximate surface area is 195 Å². The van der Waals surface area contributed by atoms with E-state index < -0.39 is 0 Å². The highest BCUT2D eigenvalue weighted by Gasteiger charge is 2.19. The molecule has 0 spiro atoms. The minimum atomic E-state index is -0.247. The molecule has 1 N–H and O–H groups in total. The molecule has 0 amide bonds. The summed E-state index contributed by atoms with van der Waals surface area (Å²) in [5.74, 6) is 1.50. The summed E-state index contributed by atoms with van der Waals surface area (Å²) < 4.78 is 21.6. The van der Waals surface area contributed by atoms with Crippen molar-refractivity contribution in [2.24, 2.45) is 0 Å². The zero-order valence-electron chi connectivity index (χ0n) is 18.6. The molecule has 33 heavy (non-hydrogen) atoms. The van der Waals surface area contributed by atoms with Crippen molar-refractivity contribution in [1.29, 1.82) is 0 Å². The SMILES string of the molecule is CCOc1cc(-c2nc(-c3cccc4c(CCC(=O)OC)c[nH]c34)no2)cc(Cl)c1OCC. The molecule has 9 heteroatoms. The van der Waals surface area contributed by atoms with Crippen molar-refractivity contribution >= 4 is 28.5 Å². The van der Waals surface area contributed by atoms with E-state index in [-0.39, 0.29) is 5.97 Å². The second kappa shape index (κ2) is 9.95. The Morgan fingerprint density at radius 1 is 1.18 bits per heavy atom. The first kappa shape index (κ1) is 22.7. The predicted octanol–water partition coefficient (Wildman–Crippen LogP) is 5.44. The van der Waals surface area contributed by atoms with Gasteiger partial charge < -0.3 is 23.7 Å². The number of H-pyrrole nitrogens is 1. The van der Waals surface area contributed by atoms with Crippen LogP contribution in [-0.2, 0) is 16.0 Å². The Bertz CT molecular complexity index is 1280. The van der Waals surface area contributed by atoms with E-state index in [2.05, 4.69) is 15.1 Å². The monoisotopic (exact) mass is 469 g/mol. The quantitative estimate of drug-likeness (QED) is 0.326. The lowest BCUT2D eigenvalue weighted by molar-refractivity contribution is -0.140. The van der Waals surface area contributed by atoms with Gasteiger partial charge in [-0.15, -0.1) is 0 Å². The number of carbonyl (C=O) groups is 1. The number of nitrogens with one attached hydrogen (secondary N) is 1. The van der Waals surface area contributed by atoms with Crippen LogP contribution in [0.4, 0.5) is 0 Å². The number of hydrogen-bond donors (Lipinski definition) is 1. The summed E-state index contributed by atoms with van der Waals surface area (Å²) in [6.45, 7) is 4.69. The predicted molar refractivity (Wildman–Crippen MR) is 125 cm³/mol. The molecule has 8 nitrogen and oxygen atoms in total. The molecule has 2 aromatic heterocycles.